The predicted molar refractivity (Wildman–Crippen MR) is 67.6 cm³/mol. The fraction of sp³-hybridized carbons (Fsp3) is 0.923. The molecule has 96 valence electrons. The van der Waals surface area contributed by atoms with Crippen LogP contribution in [-0.2, 0) is 4.79 Å². The highest BCUT2D eigenvalue weighted by molar-refractivity contribution is 5.74. The Bertz CT molecular complexity index is 218. The molecule has 3 nitrogen and oxygen atoms in total. The third-order valence-electron chi connectivity index (χ3n) is 3.58. The van der Waals surface area contributed by atoms with Crippen molar-refractivity contribution in [3.63, 3.8) is 0 Å². The van der Waals surface area contributed by atoms with Crippen LogP contribution in [0.5, 0.6) is 0 Å². The Labute approximate surface area is 99.8 Å². The van der Waals surface area contributed by atoms with Crippen molar-refractivity contribution < 1.29 is 9.90 Å². The SMILES string of the molecule is CCC(C)CN(CC)CC(C)(CC)C(=O)O. The zero-order valence-corrected chi connectivity index (χ0v) is 11.4. The van der Waals surface area contributed by atoms with Crippen LogP contribution >= 0.6 is 0 Å². The predicted octanol–water partition coefficient (Wildman–Crippen LogP) is 2.86. The third kappa shape index (κ3) is 4.52. The lowest BCUT2D eigenvalue weighted by Gasteiger charge is -2.32. The fourth-order valence-electron chi connectivity index (χ4n) is 1.70. The summed E-state index contributed by atoms with van der Waals surface area (Å²) in [5.74, 6) is -0.0487. The van der Waals surface area contributed by atoms with Crippen molar-refractivity contribution in [3.05, 3.63) is 0 Å². The maximum Gasteiger partial charge on any atom is 0.310 e. The summed E-state index contributed by atoms with van der Waals surface area (Å²) in [5.41, 5.74) is -0.608. The van der Waals surface area contributed by atoms with Gasteiger partial charge in [-0.05, 0) is 25.8 Å². The van der Waals surface area contributed by atoms with Crippen LogP contribution in [-0.4, -0.2) is 35.6 Å². The van der Waals surface area contributed by atoms with Gasteiger partial charge in [0.15, 0.2) is 0 Å². The molecule has 3 heteroatoms. The molecule has 2 unspecified atom stereocenters. The van der Waals surface area contributed by atoms with Crippen molar-refractivity contribution in [3.8, 4) is 0 Å². The molecule has 0 aliphatic carbocycles. The second-order valence-electron chi connectivity index (χ2n) is 5.06. The molecule has 0 radical (unpaired) electrons. The van der Waals surface area contributed by atoms with E-state index in [1.165, 1.54) is 0 Å². The van der Waals surface area contributed by atoms with E-state index in [-0.39, 0.29) is 0 Å². The van der Waals surface area contributed by atoms with Gasteiger partial charge in [-0.25, -0.2) is 0 Å². The van der Waals surface area contributed by atoms with E-state index >= 15 is 0 Å². The van der Waals surface area contributed by atoms with E-state index in [0.29, 0.717) is 18.9 Å². The van der Waals surface area contributed by atoms with Crippen LogP contribution in [0.1, 0.15) is 47.5 Å². The van der Waals surface area contributed by atoms with Crippen LogP contribution in [0.2, 0.25) is 0 Å². The second kappa shape index (κ2) is 6.89. The van der Waals surface area contributed by atoms with E-state index in [1.807, 2.05) is 13.8 Å². The maximum absolute atomic E-state index is 11.2. The second-order valence-corrected chi connectivity index (χ2v) is 5.06. The number of carboxylic acid groups (broad SMARTS) is 1. The molecule has 0 saturated carbocycles. The van der Waals surface area contributed by atoms with Crippen molar-refractivity contribution in [1.82, 2.24) is 4.90 Å². The molecule has 0 bridgehead atoms. The highest BCUT2D eigenvalue weighted by Crippen LogP contribution is 2.23. The van der Waals surface area contributed by atoms with Crippen LogP contribution < -0.4 is 0 Å². The summed E-state index contributed by atoms with van der Waals surface area (Å²) in [6.45, 7) is 12.9. The van der Waals surface area contributed by atoms with E-state index in [4.69, 9.17) is 0 Å². The average Bonchev–Trinajstić information content (AvgIpc) is 2.27. The summed E-state index contributed by atoms with van der Waals surface area (Å²) < 4.78 is 0. The molecule has 0 heterocycles. The summed E-state index contributed by atoms with van der Waals surface area (Å²) in [7, 11) is 0. The lowest BCUT2D eigenvalue weighted by atomic mass is 9.87. The number of hydrogen-bond acceptors (Lipinski definition) is 2. The first-order valence-corrected chi connectivity index (χ1v) is 6.35. The molecule has 0 aliphatic heterocycles. The molecule has 0 rings (SSSR count). The molecule has 1 N–H and O–H groups in total. The number of nitrogens with zero attached hydrogens (tertiary/aromatic N) is 1. The highest BCUT2D eigenvalue weighted by atomic mass is 16.4. The molecular formula is C13H27NO2. The van der Waals surface area contributed by atoms with E-state index < -0.39 is 11.4 Å². The smallest absolute Gasteiger partial charge is 0.310 e. The fourth-order valence-corrected chi connectivity index (χ4v) is 1.70. The van der Waals surface area contributed by atoms with Crippen molar-refractivity contribution in [2.45, 2.75) is 47.5 Å². The first kappa shape index (κ1) is 15.4. The lowest BCUT2D eigenvalue weighted by molar-refractivity contribution is -0.149. The molecule has 0 aromatic rings. The van der Waals surface area contributed by atoms with Gasteiger partial charge in [0.05, 0.1) is 5.41 Å². The molecule has 0 amide bonds. The highest BCUT2D eigenvalue weighted by Gasteiger charge is 2.32. The van der Waals surface area contributed by atoms with Gasteiger partial charge in [0, 0.05) is 13.1 Å². The molecule has 0 aliphatic rings. The Morgan fingerprint density at radius 1 is 1.38 bits per heavy atom. The molecule has 2 atom stereocenters. The van der Waals surface area contributed by atoms with E-state index in [2.05, 4.69) is 25.7 Å². The van der Waals surface area contributed by atoms with Gasteiger partial charge in [-0.1, -0.05) is 34.1 Å². The van der Waals surface area contributed by atoms with E-state index in [1.54, 1.807) is 0 Å². The molecule has 0 saturated heterocycles. The quantitative estimate of drug-likeness (QED) is 0.695. The summed E-state index contributed by atoms with van der Waals surface area (Å²) in [6.07, 6.45) is 1.83. The first-order valence-electron chi connectivity index (χ1n) is 6.35. The normalized spacial score (nSPS) is 17.1. The van der Waals surface area contributed by atoms with Crippen molar-refractivity contribution in [2.24, 2.45) is 11.3 Å². The lowest BCUT2D eigenvalue weighted by Crippen LogP contribution is -2.42. The van der Waals surface area contributed by atoms with Crippen molar-refractivity contribution >= 4 is 5.97 Å². The Morgan fingerprint density at radius 3 is 2.25 bits per heavy atom. The largest absolute Gasteiger partial charge is 0.481 e. The van der Waals surface area contributed by atoms with Gasteiger partial charge in [-0.15, -0.1) is 0 Å². The van der Waals surface area contributed by atoms with Gasteiger partial charge >= 0.3 is 5.97 Å². The van der Waals surface area contributed by atoms with Crippen molar-refractivity contribution in [2.75, 3.05) is 19.6 Å². The number of carboxylic acids is 1. The minimum Gasteiger partial charge on any atom is -0.481 e. The molecule has 16 heavy (non-hydrogen) atoms. The molecule has 0 aromatic carbocycles. The average molecular weight is 229 g/mol. The van der Waals surface area contributed by atoms with Gasteiger partial charge in [0.2, 0.25) is 0 Å². The van der Waals surface area contributed by atoms with Crippen LogP contribution in [0.25, 0.3) is 0 Å². The Kier molecular flexibility index (Phi) is 6.65. The summed E-state index contributed by atoms with van der Waals surface area (Å²) in [5, 5.41) is 9.24. The van der Waals surface area contributed by atoms with Gasteiger partial charge in [-0.2, -0.15) is 0 Å². The monoisotopic (exact) mass is 229 g/mol. The molecule has 0 aromatic heterocycles. The van der Waals surface area contributed by atoms with E-state index in [9.17, 15) is 9.90 Å². The zero-order chi connectivity index (χ0) is 12.8. The standard InChI is InChI=1S/C13H27NO2/c1-6-11(4)9-14(8-3)10-13(5,7-2)12(15)16/h11H,6-10H2,1-5H3,(H,15,16). The zero-order valence-electron chi connectivity index (χ0n) is 11.4. The van der Waals surface area contributed by atoms with Gasteiger partial charge in [0.25, 0.3) is 0 Å². The van der Waals surface area contributed by atoms with Crippen LogP contribution in [0.4, 0.5) is 0 Å². The van der Waals surface area contributed by atoms with Gasteiger partial charge < -0.3 is 10.0 Å². The maximum atomic E-state index is 11.2. The number of carbonyl (C=O) groups is 1. The van der Waals surface area contributed by atoms with Crippen LogP contribution in [0.3, 0.4) is 0 Å². The minimum atomic E-state index is -0.683. The molecular weight excluding hydrogens is 202 g/mol. The van der Waals surface area contributed by atoms with Crippen LogP contribution in [0, 0.1) is 11.3 Å². The van der Waals surface area contributed by atoms with Crippen LogP contribution in [0.15, 0.2) is 0 Å². The Balaban J connectivity index is 4.45. The summed E-state index contributed by atoms with van der Waals surface area (Å²) in [4.78, 5) is 13.5. The van der Waals surface area contributed by atoms with Crippen molar-refractivity contribution in [1.29, 1.82) is 0 Å². The van der Waals surface area contributed by atoms with E-state index in [0.717, 1.165) is 19.5 Å². The molecule has 0 fully saturated rings. The Morgan fingerprint density at radius 2 is 1.94 bits per heavy atom. The number of hydrogen-bond donors (Lipinski definition) is 1. The summed E-state index contributed by atoms with van der Waals surface area (Å²) in [6, 6.07) is 0. The number of rotatable bonds is 8. The number of aliphatic carboxylic acids is 1. The first-order chi connectivity index (χ1) is 7.39. The minimum absolute atomic E-state index is 0.608. The molecule has 0 spiro atoms. The van der Waals surface area contributed by atoms with Gasteiger partial charge in [-0.3, -0.25) is 4.79 Å². The Hall–Kier alpha value is -0.570. The van der Waals surface area contributed by atoms with Gasteiger partial charge in [0.1, 0.15) is 0 Å². The summed E-state index contributed by atoms with van der Waals surface area (Å²) >= 11 is 0. The third-order valence-corrected chi connectivity index (χ3v) is 3.58. The topological polar surface area (TPSA) is 40.5 Å².